The molecule has 2 aliphatic rings. The van der Waals surface area contributed by atoms with Crippen molar-refractivity contribution >= 4 is 35.4 Å². The van der Waals surface area contributed by atoms with E-state index in [0.29, 0.717) is 50.6 Å². The lowest BCUT2D eigenvalue weighted by atomic mass is 9.77. The molecule has 0 aromatic heterocycles. The number of carbonyl (C=O) groups excluding carboxylic acids is 3. The van der Waals surface area contributed by atoms with Gasteiger partial charge in [0.15, 0.2) is 17.2 Å². The quantitative estimate of drug-likeness (QED) is 0.181. The molecule has 1 heterocycles. The summed E-state index contributed by atoms with van der Waals surface area (Å²) in [5.41, 5.74) is 6.18. The summed E-state index contributed by atoms with van der Waals surface area (Å²) in [6.07, 6.45) is 4.40. The maximum atomic E-state index is 16.0. The zero-order valence-corrected chi connectivity index (χ0v) is 26.5. The normalized spacial score (nSPS) is 20.4. The van der Waals surface area contributed by atoms with E-state index in [1.165, 1.54) is 25.3 Å². The van der Waals surface area contributed by atoms with Crippen molar-refractivity contribution in [3.05, 3.63) is 81.9 Å². The molecule has 242 valence electrons. The zero-order valence-electron chi connectivity index (χ0n) is 25.7. The van der Waals surface area contributed by atoms with Crippen LogP contribution in [-0.4, -0.2) is 44.0 Å². The third kappa shape index (κ3) is 6.23. The molecule has 0 saturated heterocycles. The third-order valence-electron chi connectivity index (χ3n) is 9.02. The van der Waals surface area contributed by atoms with Gasteiger partial charge in [0.2, 0.25) is 11.8 Å². The van der Waals surface area contributed by atoms with Crippen LogP contribution in [0.4, 0.5) is 8.78 Å². The second-order valence-corrected chi connectivity index (χ2v) is 12.0. The van der Waals surface area contributed by atoms with Gasteiger partial charge in [0.1, 0.15) is 17.9 Å². The first-order chi connectivity index (χ1) is 22.1. The summed E-state index contributed by atoms with van der Waals surface area (Å²) in [6, 6.07) is 13.2. The summed E-state index contributed by atoms with van der Waals surface area (Å²) in [4.78, 5) is 40.6. The van der Waals surface area contributed by atoms with Crippen molar-refractivity contribution in [1.82, 2.24) is 5.32 Å². The molecule has 2 amide bonds. The first-order valence-electron chi connectivity index (χ1n) is 15.3. The van der Waals surface area contributed by atoms with Gasteiger partial charge in [-0.2, -0.15) is 0 Å². The van der Waals surface area contributed by atoms with E-state index in [0.717, 1.165) is 17.6 Å². The topological polar surface area (TPSA) is 120 Å². The number of hydrogen-bond donors (Lipinski definition) is 2. The van der Waals surface area contributed by atoms with E-state index in [-0.39, 0.29) is 51.6 Å². The average Bonchev–Trinajstić information content (AvgIpc) is 3.34. The van der Waals surface area contributed by atoms with Crippen molar-refractivity contribution in [1.29, 1.82) is 0 Å². The molecular formula is C35H36ClF2N3O5. The van der Waals surface area contributed by atoms with Crippen molar-refractivity contribution < 1.29 is 32.6 Å². The number of benzene rings is 3. The van der Waals surface area contributed by atoms with Crippen LogP contribution in [-0.2, 0) is 15.2 Å². The standard InChI is InChI=1S/C35H36ClF2N3O5/c1-20-28-27(18-25(37)31(36)30(28)29-24(33(39)43)14-15-26(45-2)32(29)38)46-35(20,22-8-4-3-5-9-22)19-41-23-12-10-21(11-13-23)34(44)40-16-6-7-17-42/h3-5,8-9,14-15,17-18,20-21H,6-7,10-13,16,19H2,1-2H3,(H2,39,43)(H,40,44)/t20-,21?,35?/m0/s1. The van der Waals surface area contributed by atoms with E-state index in [9.17, 15) is 14.4 Å². The van der Waals surface area contributed by atoms with Crippen molar-refractivity contribution in [2.45, 2.75) is 57.0 Å². The molecule has 0 bridgehead atoms. The lowest BCUT2D eigenvalue weighted by molar-refractivity contribution is -0.125. The monoisotopic (exact) mass is 651 g/mol. The molecule has 3 aromatic carbocycles. The van der Waals surface area contributed by atoms with Gasteiger partial charge in [-0.05, 0) is 49.8 Å². The van der Waals surface area contributed by atoms with E-state index in [1.54, 1.807) is 0 Å². The SMILES string of the molecule is COc1ccc(C(N)=O)c(-c2c(Cl)c(F)cc3c2[C@H](C)C(CN=C2CCC(C(=O)NCCCC=O)CC2)(c2ccccc2)O3)c1F. The summed E-state index contributed by atoms with van der Waals surface area (Å²) in [5, 5.41) is 2.54. The first-order valence-corrected chi connectivity index (χ1v) is 15.7. The fourth-order valence-electron chi connectivity index (χ4n) is 6.49. The number of methoxy groups -OCH3 is 1. The summed E-state index contributed by atoms with van der Waals surface area (Å²) in [5.74, 6) is -3.35. The maximum absolute atomic E-state index is 16.0. The van der Waals surface area contributed by atoms with Crippen LogP contribution in [0.2, 0.25) is 5.02 Å². The van der Waals surface area contributed by atoms with Crippen molar-refractivity contribution in [2.75, 3.05) is 20.2 Å². The Hall–Kier alpha value is -4.31. The van der Waals surface area contributed by atoms with E-state index in [1.807, 2.05) is 37.3 Å². The molecule has 1 saturated carbocycles. The summed E-state index contributed by atoms with van der Waals surface area (Å²) in [7, 11) is 1.28. The molecule has 1 aliphatic carbocycles. The molecule has 8 nitrogen and oxygen atoms in total. The van der Waals surface area contributed by atoms with Crippen LogP contribution in [0, 0.1) is 17.6 Å². The second-order valence-electron chi connectivity index (χ2n) is 11.7. The van der Waals surface area contributed by atoms with Crippen molar-refractivity contribution in [2.24, 2.45) is 16.6 Å². The fraction of sp³-hybridized carbons (Fsp3) is 0.371. The van der Waals surface area contributed by atoms with E-state index >= 15 is 8.78 Å². The largest absolute Gasteiger partial charge is 0.494 e. The fourth-order valence-corrected chi connectivity index (χ4v) is 6.74. The number of fused-ring (bicyclic) bond motifs is 1. The van der Waals surface area contributed by atoms with Gasteiger partial charge < -0.3 is 25.3 Å². The molecule has 2 atom stereocenters. The number of hydrogen-bond acceptors (Lipinski definition) is 6. The highest BCUT2D eigenvalue weighted by Gasteiger charge is 2.50. The van der Waals surface area contributed by atoms with Crippen molar-refractivity contribution in [3.63, 3.8) is 0 Å². The molecular weight excluding hydrogens is 616 g/mol. The summed E-state index contributed by atoms with van der Waals surface area (Å²) >= 11 is 6.58. The number of ether oxygens (including phenoxy) is 2. The Morgan fingerprint density at radius 2 is 1.87 bits per heavy atom. The predicted molar refractivity (Wildman–Crippen MR) is 172 cm³/mol. The molecule has 3 N–H and O–H groups in total. The zero-order chi connectivity index (χ0) is 33.0. The smallest absolute Gasteiger partial charge is 0.249 e. The van der Waals surface area contributed by atoms with Gasteiger partial charge in [-0.3, -0.25) is 14.6 Å². The van der Waals surface area contributed by atoms with E-state index < -0.39 is 29.1 Å². The molecule has 0 spiro atoms. The number of nitrogens with zero attached hydrogens (tertiary/aromatic N) is 1. The minimum absolute atomic E-state index is 0.0135. The molecule has 0 radical (unpaired) electrons. The average molecular weight is 652 g/mol. The Morgan fingerprint density at radius 3 is 2.52 bits per heavy atom. The minimum atomic E-state index is -1.13. The molecule has 11 heteroatoms. The maximum Gasteiger partial charge on any atom is 0.249 e. The van der Waals surface area contributed by atoms with Gasteiger partial charge >= 0.3 is 0 Å². The van der Waals surface area contributed by atoms with Gasteiger partial charge in [0.25, 0.3) is 0 Å². The number of aldehydes is 1. The molecule has 46 heavy (non-hydrogen) atoms. The third-order valence-corrected chi connectivity index (χ3v) is 9.39. The molecule has 1 fully saturated rings. The van der Waals surface area contributed by atoms with Crippen LogP contribution in [0.5, 0.6) is 11.5 Å². The van der Waals surface area contributed by atoms with Crippen LogP contribution in [0.25, 0.3) is 11.1 Å². The summed E-state index contributed by atoms with van der Waals surface area (Å²) < 4.78 is 43.3. The molecule has 5 rings (SSSR count). The molecule has 3 aromatic rings. The number of nitrogens with one attached hydrogen (secondary N) is 1. The van der Waals surface area contributed by atoms with E-state index in [4.69, 9.17) is 31.8 Å². The van der Waals surface area contributed by atoms with Crippen molar-refractivity contribution in [3.8, 4) is 22.6 Å². The molecule has 1 aliphatic heterocycles. The number of carbonyl (C=O) groups is 3. The lowest BCUT2D eigenvalue weighted by Crippen LogP contribution is -2.38. The number of halogens is 3. The lowest BCUT2D eigenvalue weighted by Gasteiger charge is -2.33. The number of nitrogens with two attached hydrogens (primary N) is 1. The number of aliphatic imine (C=N–C) groups is 1. The van der Waals surface area contributed by atoms with Crippen LogP contribution >= 0.6 is 11.6 Å². The highest BCUT2D eigenvalue weighted by molar-refractivity contribution is 6.34. The van der Waals surface area contributed by atoms with Gasteiger partial charge in [0.05, 0.1) is 24.2 Å². The Morgan fingerprint density at radius 1 is 1.15 bits per heavy atom. The first kappa shape index (κ1) is 33.1. The Kier molecular flexibility index (Phi) is 10.1. The van der Waals surface area contributed by atoms with E-state index in [2.05, 4.69) is 5.32 Å². The number of primary amides is 1. The Balaban J connectivity index is 1.52. The van der Waals surface area contributed by atoms with Crippen LogP contribution in [0.1, 0.15) is 72.9 Å². The number of rotatable bonds is 11. The summed E-state index contributed by atoms with van der Waals surface area (Å²) in [6.45, 7) is 2.51. The minimum Gasteiger partial charge on any atom is -0.494 e. The Bertz CT molecular complexity index is 1670. The van der Waals surface area contributed by atoms with Crippen LogP contribution in [0.15, 0.2) is 53.5 Å². The van der Waals surface area contributed by atoms with Gasteiger partial charge in [-0.25, -0.2) is 8.78 Å². The second kappa shape index (κ2) is 14.0. The molecule has 1 unspecified atom stereocenters. The highest BCUT2D eigenvalue weighted by Crippen LogP contribution is 2.56. The van der Waals surface area contributed by atoms with Gasteiger partial charge in [0, 0.05) is 53.3 Å². The number of unbranched alkanes of at least 4 members (excludes halogenated alkanes) is 1. The van der Waals surface area contributed by atoms with Gasteiger partial charge in [-0.15, -0.1) is 0 Å². The van der Waals surface area contributed by atoms with Crippen LogP contribution < -0.4 is 20.5 Å². The van der Waals surface area contributed by atoms with Crippen LogP contribution in [0.3, 0.4) is 0 Å². The highest BCUT2D eigenvalue weighted by atomic mass is 35.5. The van der Waals surface area contributed by atoms with Gasteiger partial charge in [-0.1, -0.05) is 48.9 Å². The number of amides is 2. The Labute approximate surface area is 271 Å². The predicted octanol–water partition coefficient (Wildman–Crippen LogP) is 6.51.